The fourth-order valence-corrected chi connectivity index (χ4v) is 1.99. The Bertz CT molecular complexity index is 408. The monoisotopic (exact) mass is 224 g/mol. The molecule has 1 aromatic carbocycles. The van der Waals surface area contributed by atoms with Crippen LogP contribution in [0.3, 0.4) is 0 Å². The highest BCUT2D eigenvalue weighted by atomic mass is 19.1. The second kappa shape index (κ2) is 3.45. The van der Waals surface area contributed by atoms with Gasteiger partial charge >= 0.3 is 0 Å². The highest BCUT2D eigenvalue weighted by Gasteiger charge is 2.53. The second-order valence-electron chi connectivity index (χ2n) is 4.98. The predicted octanol–water partition coefficient (Wildman–Crippen LogP) is 2.84. The summed E-state index contributed by atoms with van der Waals surface area (Å²) >= 11 is 0. The molecule has 0 bridgehead atoms. The fraction of sp³-hybridized carbons (Fsp3) is 0.538. The first kappa shape index (κ1) is 11.4. The van der Waals surface area contributed by atoms with Gasteiger partial charge in [0.1, 0.15) is 0 Å². The third-order valence-electron chi connectivity index (χ3n) is 3.89. The number of aliphatic hydroxyl groups is 1. The zero-order chi connectivity index (χ0) is 12.0. The van der Waals surface area contributed by atoms with E-state index in [0.717, 1.165) is 12.8 Å². The number of ether oxygens (including phenoxy) is 1. The van der Waals surface area contributed by atoms with E-state index in [9.17, 15) is 9.50 Å². The first-order chi connectivity index (χ1) is 7.40. The average Bonchev–Trinajstić information content (AvgIpc) is 2.98. The molecule has 0 saturated heterocycles. The molecule has 1 aliphatic carbocycles. The van der Waals surface area contributed by atoms with Crippen molar-refractivity contribution in [1.29, 1.82) is 0 Å². The van der Waals surface area contributed by atoms with Crippen molar-refractivity contribution in [2.24, 2.45) is 5.41 Å². The Balaban J connectivity index is 2.37. The van der Waals surface area contributed by atoms with E-state index in [2.05, 4.69) is 0 Å². The molecular weight excluding hydrogens is 207 g/mol. The number of hydrogen-bond acceptors (Lipinski definition) is 2. The number of halogens is 1. The molecule has 1 N–H and O–H groups in total. The average molecular weight is 224 g/mol. The minimum absolute atomic E-state index is 0.117. The second-order valence-corrected chi connectivity index (χ2v) is 4.98. The Morgan fingerprint density at radius 1 is 1.44 bits per heavy atom. The molecular formula is C13H17FO2. The molecule has 0 aliphatic heterocycles. The summed E-state index contributed by atoms with van der Waals surface area (Å²) in [6.07, 6.45) is 1.96. The standard InChI is InChI=1S/C13H17FO2/c1-12(6-7-12)13(2,15)9-4-5-11(16-3)10(14)8-9/h4-5,8,15H,6-7H2,1-3H3. The van der Waals surface area contributed by atoms with Gasteiger partial charge in [0.15, 0.2) is 11.6 Å². The number of methoxy groups -OCH3 is 1. The van der Waals surface area contributed by atoms with Crippen molar-refractivity contribution in [3.8, 4) is 5.75 Å². The molecule has 2 rings (SSSR count). The molecule has 1 aromatic rings. The van der Waals surface area contributed by atoms with Gasteiger partial charge in [-0.3, -0.25) is 0 Å². The summed E-state index contributed by atoms with van der Waals surface area (Å²) in [7, 11) is 1.43. The van der Waals surface area contributed by atoms with Crippen molar-refractivity contribution in [2.45, 2.75) is 32.3 Å². The van der Waals surface area contributed by atoms with Crippen LogP contribution < -0.4 is 4.74 Å². The first-order valence-corrected chi connectivity index (χ1v) is 5.47. The van der Waals surface area contributed by atoms with E-state index >= 15 is 0 Å². The summed E-state index contributed by atoms with van der Waals surface area (Å²) in [6, 6.07) is 4.65. The molecule has 1 aliphatic rings. The van der Waals surface area contributed by atoms with E-state index in [4.69, 9.17) is 4.74 Å². The molecule has 0 aromatic heterocycles. The van der Waals surface area contributed by atoms with Gasteiger partial charge in [0.25, 0.3) is 0 Å². The lowest BCUT2D eigenvalue weighted by Gasteiger charge is -2.31. The lowest BCUT2D eigenvalue weighted by atomic mass is 9.81. The third-order valence-corrected chi connectivity index (χ3v) is 3.89. The Hall–Kier alpha value is -1.09. The van der Waals surface area contributed by atoms with Crippen LogP contribution in [0.2, 0.25) is 0 Å². The van der Waals surface area contributed by atoms with Crippen molar-refractivity contribution < 1.29 is 14.2 Å². The molecule has 0 radical (unpaired) electrons. The Labute approximate surface area is 95.1 Å². The van der Waals surface area contributed by atoms with Crippen molar-refractivity contribution in [3.05, 3.63) is 29.6 Å². The topological polar surface area (TPSA) is 29.5 Å². The van der Waals surface area contributed by atoms with Gasteiger partial charge in [-0.05, 0) is 37.5 Å². The van der Waals surface area contributed by atoms with Crippen LogP contribution in [0.25, 0.3) is 0 Å². The molecule has 16 heavy (non-hydrogen) atoms. The summed E-state index contributed by atoms with van der Waals surface area (Å²) in [5, 5.41) is 10.5. The summed E-state index contributed by atoms with van der Waals surface area (Å²) in [4.78, 5) is 0. The highest BCUT2D eigenvalue weighted by Crippen LogP contribution is 2.57. The maximum atomic E-state index is 13.6. The number of rotatable bonds is 3. The quantitative estimate of drug-likeness (QED) is 0.855. The van der Waals surface area contributed by atoms with Gasteiger partial charge in [0, 0.05) is 5.41 Å². The van der Waals surface area contributed by atoms with Gasteiger partial charge in [-0.15, -0.1) is 0 Å². The van der Waals surface area contributed by atoms with Gasteiger partial charge in [0.05, 0.1) is 12.7 Å². The summed E-state index contributed by atoms with van der Waals surface area (Å²) in [6.45, 7) is 3.77. The Morgan fingerprint density at radius 3 is 2.50 bits per heavy atom. The lowest BCUT2D eigenvalue weighted by Crippen LogP contribution is -2.31. The largest absolute Gasteiger partial charge is 0.494 e. The smallest absolute Gasteiger partial charge is 0.165 e. The maximum absolute atomic E-state index is 13.6. The first-order valence-electron chi connectivity index (χ1n) is 5.47. The fourth-order valence-electron chi connectivity index (χ4n) is 1.99. The summed E-state index contributed by atoms with van der Waals surface area (Å²) < 4.78 is 18.4. The van der Waals surface area contributed by atoms with Crippen LogP contribution in [0.1, 0.15) is 32.3 Å². The van der Waals surface area contributed by atoms with Gasteiger partial charge in [-0.25, -0.2) is 4.39 Å². The molecule has 0 amide bonds. The molecule has 1 unspecified atom stereocenters. The molecule has 3 heteroatoms. The van der Waals surface area contributed by atoms with E-state index in [1.807, 2.05) is 6.92 Å². The number of benzene rings is 1. The van der Waals surface area contributed by atoms with E-state index in [0.29, 0.717) is 5.56 Å². The van der Waals surface area contributed by atoms with Crippen LogP contribution in [0, 0.1) is 11.2 Å². The zero-order valence-corrected chi connectivity index (χ0v) is 9.88. The number of hydrogen-bond donors (Lipinski definition) is 1. The van der Waals surface area contributed by atoms with Crippen LogP contribution >= 0.6 is 0 Å². The normalized spacial score (nSPS) is 21.3. The molecule has 88 valence electrons. The molecule has 1 atom stereocenters. The zero-order valence-electron chi connectivity index (χ0n) is 9.88. The summed E-state index contributed by atoms with van der Waals surface area (Å²) in [5.41, 5.74) is -0.473. The Kier molecular flexibility index (Phi) is 2.46. The minimum Gasteiger partial charge on any atom is -0.494 e. The van der Waals surface area contributed by atoms with E-state index < -0.39 is 11.4 Å². The van der Waals surface area contributed by atoms with Gasteiger partial charge < -0.3 is 9.84 Å². The van der Waals surface area contributed by atoms with Crippen LogP contribution in [0.15, 0.2) is 18.2 Å². The molecule has 2 nitrogen and oxygen atoms in total. The molecule has 0 heterocycles. The van der Waals surface area contributed by atoms with Crippen molar-refractivity contribution in [3.63, 3.8) is 0 Å². The van der Waals surface area contributed by atoms with E-state index in [-0.39, 0.29) is 11.2 Å². The lowest BCUT2D eigenvalue weighted by molar-refractivity contribution is -0.0129. The van der Waals surface area contributed by atoms with Crippen LogP contribution in [-0.2, 0) is 5.60 Å². The molecule has 0 spiro atoms. The van der Waals surface area contributed by atoms with Crippen LogP contribution in [0.4, 0.5) is 4.39 Å². The Morgan fingerprint density at radius 2 is 2.06 bits per heavy atom. The molecule has 1 saturated carbocycles. The third kappa shape index (κ3) is 1.59. The van der Waals surface area contributed by atoms with Crippen molar-refractivity contribution in [2.75, 3.05) is 7.11 Å². The van der Waals surface area contributed by atoms with E-state index in [1.165, 1.54) is 13.2 Å². The van der Waals surface area contributed by atoms with Crippen molar-refractivity contribution in [1.82, 2.24) is 0 Å². The SMILES string of the molecule is COc1ccc(C(C)(O)C2(C)CC2)cc1F. The van der Waals surface area contributed by atoms with Gasteiger partial charge in [0.2, 0.25) is 0 Å². The molecule has 1 fully saturated rings. The van der Waals surface area contributed by atoms with Gasteiger partial charge in [-0.1, -0.05) is 13.0 Å². The van der Waals surface area contributed by atoms with Gasteiger partial charge in [-0.2, -0.15) is 0 Å². The summed E-state index contributed by atoms with van der Waals surface area (Å²) in [5.74, 6) is -0.218. The predicted molar refractivity (Wildman–Crippen MR) is 59.9 cm³/mol. The van der Waals surface area contributed by atoms with Crippen LogP contribution in [-0.4, -0.2) is 12.2 Å². The maximum Gasteiger partial charge on any atom is 0.165 e. The minimum atomic E-state index is -0.972. The van der Waals surface area contributed by atoms with Crippen molar-refractivity contribution >= 4 is 0 Å². The van der Waals surface area contributed by atoms with E-state index in [1.54, 1.807) is 19.1 Å². The van der Waals surface area contributed by atoms with Crippen LogP contribution in [0.5, 0.6) is 5.75 Å². The highest BCUT2D eigenvalue weighted by molar-refractivity contribution is 5.34.